The van der Waals surface area contributed by atoms with E-state index in [4.69, 9.17) is 13.6 Å². The molecule has 0 radical (unpaired) electrons. The molecular formula is C18H17NO4. The van der Waals surface area contributed by atoms with Gasteiger partial charge in [-0.15, -0.1) is 0 Å². The van der Waals surface area contributed by atoms with Crippen molar-refractivity contribution in [1.29, 1.82) is 0 Å². The number of furan rings is 2. The monoisotopic (exact) mass is 311 g/mol. The molecule has 5 nitrogen and oxygen atoms in total. The summed E-state index contributed by atoms with van der Waals surface area (Å²) in [5, 5.41) is 2.76. The van der Waals surface area contributed by atoms with Crippen LogP contribution in [0, 0.1) is 0 Å². The highest BCUT2D eigenvalue weighted by Crippen LogP contribution is 2.22. The molecule has 0 bridgehead atoms. The SMILES string of the molecule is O=C(COCc1ccccc1)NCc1ccc(-c2ccco2)o1. The average molecular weight is 311 g/mol. The van der Waals surface area contributed by atoms with Crippen LogP contribution in [0.3, 0.4) is 0 Å². The Bertz CT molecular complexity index is 731. The fourth-order valence-corrected chi connectivity index (χ4v) is 2.10. The lowest BCUT2D eigenvalue weighted by Crippen LogP contribution is -2.26. The number of nitrogens with one attached hydrogen (secondary N) is 1. The van der Waals surface area contributed by atoms with E-state index in [2.05, 4.69) is 5.32 Å². The topological polar surface area (TPSA) is 64.6 Å². The van der Waals surface area contributed by atoms with Crippen LogP contribution in [0.5, 0.6) is 0 Å². The molecule has 118 valence electrons. The molecule has 0 spiro atoms. The number of carbonyl (C=O) groups is 1. The molecule has 0 saturated carbocycles. The van der Waals surface area contributed by atoms with Crippen molar-refractivity contribution in [2.75, 3.05) is 6.61 Å². The zero-order valence-electron chi connectivity index (χ0n) is 12.5. The number of amides is 1. The Morgan fingerprint density at radius 1 is 1.00 bits per heavy atom. The summed E-state index contributed by atoms with van der Waals surface area (Å²) >= 11 is 0. The van der Waals surface area contributed by atoms with Gasteiger partial charge in [-0.1, -0.05) is 30.3 Å². The number of benzene rings is 1. The first kappa shape index (κ1) is 15.1. The molecule has 0 saturated heterocycles. The Morgan fingerprint density at radius 3 is 2.65 bits per heavy atom. The smallest absolute Gasteiger partial charge is 0.246 e. The first-order valence-corrected chi connectivity index (χ1v) is 7.32. The maximum absolute atomic E-state index is 11.7. The van der Waals surface area contributed by atoms with Crippen LogP contribution < -0.4 is 5.32 Å². The van der Waals surface area contributed by atoms with Gasteiger partial charge in [0.2, 0.25) is 5.91 Å². The van der Waals surface area contributed by atoms with Crippen LogP contribution in [-0.2, 0) is 22.7 Å². The Hall–Kier alpha value is -2.79. The molecule has 23 heavy (non-hydrogen) atoms. The van der Waals surface area contributed by atoms with Gasteiger partial charge in [-0.25, -0.2) is 0 Å². The second-order valence-corrected chi connectivity index (χ2v) is 5.00. The van der Waals surface area contributed by atoms with Gasteiger partial charge in [0.25, 0.3) is 0 Å². The Labute approximate surface area is 133 Å². The fraction of sp³-hybridized carbons (Fsp3) is 0.167. The molecule has 2 aromatic heterocycles. The molecule has 5 heteroatoms. The van der Waals surface area contributed by atoms with E-state index in [-0.39, 0.29) is 12.5 Å². The van der Waals surface area contributed by atoms with Gasteiger partial charge in [0.1, 0.15) is 12.4 Å². The summed E-state index contributed by atoms with van der Waals surface area (Å²) < 4.78 is 16.2. The standard InChI is InChI=1S/C18H17NO4/c20-18(13-21-12-14-5-2-1-3-6-14)19-11-15-8-9-17(23-15)16-7-4-10-22-16/h1-10H,11-13H2,(H,19,20). The Morgan fingerprint density at radius 2 is 1.87 bits per heavy atom. The second kappa shape index (κ2) is 7.47. The van der Waals surface area contributed by atoms with Gasteiger partial charge in [0.15, 0.2) is 11.5 Å². The van der Waals surface area contributed by atoms with Crippen molar-refractivity contribution in [3.05, 3.63) is 72.2 Å². The highest BCUT2D eigenvalue weighted by Gasteiger charge is 2.08. The number of rotatable bonds is 7. The van der Waals surface area contributed by atoms with E-state index < -0.39 is 0 Å². The van der Waals surface area contributed by atoms with E-state index in [0.29, 0.717) is 30.4 Å². The number of hydrogen-bond donors (Lipinski definition) is 1. The maximum atomic E-state index is 11.7. The summed E-state index contributed by atoms with van der Waals surface area (Å²) in [5.74, 6) is 1.78. The van der Waals surface area contributed by atoms with E-state index in [0.717, 1.165) is 5.56 Å². The van der Waals surface area contributed by atoms with Crippen molar-refractivity contribution >= 4 is 5.91 Å². The van der Waals surface area contributed by atoms with Crippen molar-refractivity contribution in [3.8, 4) is 11.5 Å². The molecular weight excluding hydrogens is 294 g/mol. The van der Waals surface area contributed by atoms with E-state index in [1.807, 2.05) is 48.5 Å². The number of carbonyl (C=O) groups excluding carboxylic acids is 1. The summed E-state index contributed by atoms with van der Waals surface area (Å²) in [6, 6.07) is 17.0. The van der Waals surface area contributed by atoms with Gasteiger partial charge in [0.05, 0.1) is 19.4 Å². The van der Waals surface area contributed by atoms with Crippen LogP contribution in [-0.4, -0.2) is 12.5 Å². The quantitative estimate of drug-likeness (QED) is 0.726. The molecule has 3 aromatic rings. The van der Waals surface area contributed by atoms with Crippen molar-refractivity contribution in [1.82, 2.24) is 5.32 Å². The molecule has 2 heterocycles. The molecule has 0 aliphatic carbocycles. The zero-order chi connectivity index (χ0) is 15.9. The van der Waals surface area contributed by atoms with Gasteiger partial charge < -0.3 is 18.9 Å². The van der Waals surface area contributed by atoms with Crippen LogP contribution in [0.2, 0.25) is 0 Å². The van der Waals surface area contributed by atoms with Crippen LogP contribution in [0.25, 0.3) is 11.5 Å². The van der Waals surface area contributed by atoms with Crippen LogP contribution in [0.15, 0.2) is 69.7 Å². The molecule has 0 atom stereocenters. The summed E-state index contributed by atoms with van der Waals surface area (Å²) in [6.45, 7) is 0.743. The summed E-state index contributed by atoms with van der Waals surface area (Å²) in [5.41, 5.74) is 1.04. The summed E-state index contributed by atoms with van der Waals surface area (Å²) in [4.78, 5) is 11.7. The maximum Gasteiger partial charge on any atom is 0.246 e. The normalized spacial score (nSPS) is 10.6. The van der Waals surface area contributed by atoms with Crippen LogP contribution in [0.1, 0.15) is 11.3 Å². The van der Waals surface area contributed by atoms with Crippen molar-refractivity contribution in [2.24, 2.45) is 0 Å². The van der Waals surface area contributed by atoms with E-state index in [9.17, 15) is 4.79 Å². The van der Waals surface area contributed by atoms with Gasteiger partial charge in [-0.05, 0) is 29.8 Å². The van der Waals surface area contributed by atoms with Gasteiger partial charge in [-0.3, -0.25) is 4.79 Å². The number of ether oxygens (including phenoxy) is 1. The Kier molecular flexibility index (Phi) is 4.91. The van der Waals surface area contributed by atoms with Crippen molar-refractivity contribution < 1.29 is 18.4 Å². The summed E-state index contributed by atoms with van der Waals surface area (Å²) in [6.07, 6.45) is 1.59. The first-order chi connectivity index (χ1) is 11.3. The predicted octanol–water partition coefficient (Wildman–Crippen LogP) is 3.37. The molecule has 0 unspecified atom stereocenters. The molecule has 1 amide bonds. The molecule has 0 aliphatic rings. The van der Waals surface area contributed by atoms with Gasteiger partial charge in [-0.2, -0.15) is 0 Å². The summed E-state index contributed by atoms with van der Waals surface area (Å²) in [7, 11) is 0. The van der Waals surface area contributed by atoms with Crippen molar-refractivity contribution in [2.45, 2.75) is 13.2 Å². The zero-order valence-corrected chi connectivity index (χ0v) is 12.5. The van der Waals surface area contributed by atoms with Crippen LogP contribution >= 0.6 is 0 Å². The lowest BCUT2D eigenvalue weighted by Gasteiger charge is -2.05. The molecule has 0 fully saturated rings. The van der Waals surface area contributed by atoms with E-state index >= 15 is 0 Å². The molecule has 1 N–H and O–H groups in total. The molecule has 3 rings (SSSR count). The largest absolute Gasteiger partial charge is 0.461 e. The highest BCUT2D eigenvalue weighted by molar-refractivity contribution is 5.77. The number of hydrogen-bond acceptors (Lipinski definition) is 4. The lowest BCUT2D eigenvalue weighted by molar-refractivity contribution is -0.126. The second-order valence-electron chi connectivity index (χ2n) is 5.00. The third-order valence-corrected chi connectivity index (χ3v) is 3.23. The molecule has 1 aromatic carbocycles. The minimum atomic E-state index is -0.183. The van der Waals surface area contributed by atoms with Crippen LogP contribution in [0.4, 0.5) is 0 Å². The van der Waals surface area contributed by atoms with Crippen molar-refractivity contribution in [3.63, 3.8) is 0 Å². The van der Waals surface area contributed by atoms with Gasteiger partial charge >= 0.3 is 0 Å². The van der Waals surface area contributed by atoms with E-state index in [1.54, 1.807) is 12.3 Å². The third kappa shape index (κ3) is 4.34. The fourth-order valence-electron chi connectivity index (χ4n) is 2.10. The predicted molar refractivity (Wildman–Crippen MR) is 84.4 cm³/mol. The Balaban J connectivity index is 1.41. The molecule has 0 aliphatic heterocycles. The lowest BCUT2D eigenvalue weighted by atomic mass is 10.2. The minimum Gasteiger partial charge on any atom is -0.461 e. The third-order valence-electron chi connectivity index (χ3n) is 3.23. The highest BCUT2D eigenvalue weighted by atomic mass is 16.5. The first-order valence-electron chi connectivity index (χ1n) is 7.32. The van der Waals surface area contributed by atoms with E-state index in [1.165, 1.54) is 0 Å². The average Bonchev–Trinajstić information content (AvgIpc) is 3.25. The minimum absolute atomic E-state index is 0.0145. The van der Waals surface area contributed by atoms with Gasteiger partial charge in [0, 0.05) is 0 Å².